The van der Waals surface area contributed by atoms with Crippen LogP contribution in [0.3, 0.4) is 0 Å². The molecule has 2 heterocycles. The highest BCUT2D eigenvalue weighted by Crippen LogP contribution is 2.36. The topological polar surface area (TPSA) is 40.5 Å². The van der Waals surface area contributed by atoms with E-state index in [0.717, 1.165) is 14.6 Å². The first kappa shape index (κ1) is 11.8. The molecule has 2 rings (SSSR count). The van der Waals surface area contributed by atoms with Crippen LogP contribution < -0.4 is 0 Å². The molecule has 2 aromatic heterocycles. The minimum atomic E-state index is -0.910. The lowest BCUT2D eigenvalue weighted by Gasteiger charge is -2.20. The first-order chi connectivity index (χ1) is 7.64. The van der Waals surface area contributed by atoms with E-state index in [9.17, 15) is 5.11 Å². The van der Waals surface area contributed by atoms with Gasteiger partial charge in [-0.2, -0.15) is 0 Å². The summed E-state index contributed by atoms with van der Waals surface area (Å²) >= 11 is 3.11. The molecule has 2 N–H and O–H groups in total. The van der Waals surface area contributed by atoms with Crippen LogP contribution in [0.4, 0.5) is 0 Å². The third-order valence-electron chi connectivity index (χ3n) is 2.50. The van der Waals surface area contributed by atoms with E-state index in [1.807, 2.05) is 36.6 Å². The van der Waals surface area contributed by atoms with E-state index in [4.69, 9.17) is 5.11 Å². The van der Waals surface area contributed by atoms with Crippen molar-refractivity contribution in [3.8, 4) is 0 Å². The lowest BCUT2D eigenvalue weighted by atomic mass is 10.0. The first-order valence-electron chi connectivity index (χ1n) is 5.11. The molecule has 2 aromatic rings. The molecule has 1 atom stereocenters. The van der Waals surface area contributed by atoms with Gasteiger partial charge in [0.25, 0.3) is 0 Å². The van der Waals surface area contributed by atoms with Crippen LogP contribution in [0.25, 0.3) is 0 Å². The van der Waals surface area contributed by atoms with Crippen LogP contribution in [0.1, 0.15) is 21.6 Å². The van der Waals surface area contributed by atoms with Crippen molar-refractivity contribution in [2.75, 3.05) is 6.61 Å². The van der Waals surface area contributed by atoms with E-state index in [-0.39, 0.29) is 6.61 Å². The van der Waals surface area contributed by atoms with Crippen molar-refractivity contribution in [1.82, 2.24) is 0 Å². The SMILES string of the molecule is CC(O)(c1cccs1)c1ccc(CCO)s1. The molecule has 0 amide bonds. The summed E-state index contributed by atoms with van der Waals surface area (Å²) in [5, 5.41) is 21.3. The Kier molecular flexibility index (Phi) is 3.44. The maximum Gasteiger partial charge on any atom is 0.130 e. The van der Waals surface area contributed by atoms with E-state index >= 15 is 0 Å². The quantitative estimate of drug-likeness (QED) is 0.880. The molecular formula is C12H14O2S2. The lowest BCUT2D eigenvalue weighted by Crippen LogP contribution is -2.19. The van der Waals surface area contributed by atoms with E-state index in [1.54, 1.807) is 22.7 Å². The number of aliphatic hydroxyl groups is 2. The van der Waals surface area contributed by atoms with Gasteiger partial charge in [0.15, 0.2) is 0 Å². The van der Waals surface area contributed by atoms with Crippen molar-refractivity contribution in [2.45, 2.75) is 18.9 Å². The molecule has 86 valence electrons. The number of rotatable bonds is 4. The molecule has 0 aromatic carbocycles. The molecule has 0 aliphatic heterocycles. The van der Waals surface area contributed by atoms with Gasteiger partial charge in [-0.15, -0.1) is 22.7 Å². The Morgan fingerprint density at radius 2 is 2.06 bits per heavy atom. The van der Waals surface area contributed by atoms with Crippen LogP contribution in [-0.4, -0.2) is 16.8 Å². The zero-order chi connectivity index (χ0) is 11.6. The van der Waals surface area contributed by atoms with Crippen molar-refractivity contribution in [1.29, 1.82) is 0 Å². The summed E-state index contributed by atoms with van der Waals surface area (Å²) in [6.45, 7) is 1.97. The van der Waals surface area contributed by atoms with Crippen molar-refractivity contribution < 1.29 is 10.2 Å². The van der Waals surface area contributed by atoms with E-state index in [0.29, 0.717) is 6.42 Å². The molecule has 0 aliphatic carbocycles. The van der Waals surface area contributed by atoms with E-state index in [1.165, 1.54) is 0 Å². The van der Waals surface area contributed by atoms with Crippen LogP contribution in [0, 0.1) is 0 Å². The van der Waals surface area contributed by atoms with Crippen LogP contribution in [-0.2, 0) is 12.0 Å². The second-order valence-corrected chi connectivity index (χ2v) is 5.91. The van der Waals surface area contributed by atoms with Gasteiger partial charge in [-0.05, 0) is 30.5 Å². The van der Waals surface area contributed by atoms with Gasteiger partial charge in [0.2, 0.25) is 0 Å². The maximum absolute atomic E-state index is 10.5. The van der Waals surface area contributed by atoms with E-state index < -0.39 is 5.60 Å². The third-order valence-corrected chi connectivity index (χ3v) is 4.94. The van der Waals surface area contributed by atoms with Crippen molar-refractivity contribution in [3.63, 3.8) is 0 Å². The molecule has 16 heavy (non-hydrogen) atoms. The average molecular weight is 254 g/mol. The van der Waals surface area contributed by atoms with Gasteiger partial charge >= 0.3 is 0 Å². The molecule has 0 spiro atoms. The summed E-state index contributed by atoms with van der Waals surface area (Å²) in [5.41, 5.74) is -0.910. The minimum absolute atomic E-state index is 0.154. The smallest absolute Gasteiger partial charge is 0.130 e. The predicted octanol–water partition coefficient (Wildman–Crippen LogP) is 2.60. The highest BCUT2D eigenvalue weighted by molar-refractivity contribution is 7.13. The Labute approximate surface area is 103 Å². The number of aliphatic hydroxyl groups excluding tert-OH is 1. The molecule has 0 bridgehead atoms. The molecule has 0 saturated heterocycles. The standard InChI is InChI=1S/C12H14O2S2/c1-12(14,10-3-2-8-15-10)11-5-4-9(16-11)6-7-13/h2-5,8,13-14H,6-7H2,1H3. The summed E-state index contributed by atoms with van der Waals surface area (Å²) in [7, 11) is 0. The molecule has 0 saturated carbocycles. The Morgan fingerprint density at radius 3 is 2.69 bits per heavy atom. The van der Waals surface area contributed by atoms with Crippen LogP contribution in [0.5, 0.6) is 0 Å². The van der Waals surface area contributed by atoms with Crippen molar-refractivity contribution in [2.24, 2.45) is 0 Å². The second kappa shape index (κ2) is 4.67. The van der Waals surface area contributed by atoms with Gasteiger partial charge in [-0.3, -0.25) is 0 Å². The monoisotopic (exact) mass is 254 g/mol. The zero-order valence-electron chi connectivity index (χ0n) is 9.01. The maximum atomic E-state index is 10.5. The van der Waals surface area contributed by atoms with Gasteiger partial charge in [0, 0.05) is 27.7 Å². The normalized spacial score (nSPS) is 14.9. The first-order valence-corrected chi connectivity index (χ1v) is 6.80. The molecule has 1 unspecified atom stereocenters. The third kappa shape index (κ3) is 2.20. The van der Waals surface area contributed by atoms with Crippen molar-refractivity contribution >= 4 is 22.7 Å². The molecule has 4 heteroatoms. The van der Waals surface area contributed by atoms with Gasteiger partial charge in [0.1, 0.15) is 5.60 Å². The number of thiophene rings is 2. The number of hydrogen-bond acceptors (Lipinski definition) is 4. The Balaban J connectivity index is 2.28. The summed E-state index contributed by atoms with van der Waals surface area (Å²) < 4.78 is 0. The summed E-state index contributed by atoms with van der Waals surface area (Å²) in [6, 6.07) is 7.79. The van der Waals surface area contributed by atoms with Gasteiger partial charge in [-0.25, -0.2) is 0 Å². The molecule has 0 fully saturated rings. The van der Waals surface area contributed by atoms with E-state index in [2.05, 4.69) is 0 Å². The molecule has 0 aliphatic rings. The predicted molar refractivity (Wildman–Crippen MR) is 68.1 cm³/mol. The summed E-state index contributed by atoms with van der Waals surface area (Å²) in [4.78, 5) is 2.98. The van der Waals surface area contributed by atoms with Crippen LogP contribution >= 0.6 is 22.7 Å². The molecule has 0 radical (unpaired) electrons. The molecular weight excluding hydrogens is 240 g/mol. The highest BCUT2D eigenvalue weighted by Gasteiger charge is 2.28. The van der Waals surface area contributed by atoms with Gasteiger partial charge in [0.05, 0.1) is 0 Å². The Hall–Kier alpha value is -0.680. The molecule has 2 nitrogen and oxygen atoms in total. The largest absolute Gasteiger partial charge is 0.396 e. The fourth-order valence-corrected chi connectivity index (χ4v) is 3.48. The Morgan fingerprint density at radius 1 is 1.25 bits per heavy atom. The van der Waals surface area contributed by atoms with Crippen molar-refractivity contribution in [3.05, 3.63) is 44.3 Å². The Bertz CT molecular complexity index is 443. The number of hydrogen-bond donors (Lipinski definition) is 2. The zero-order valence-corrected chi connectivity index (χ0v) is 10.6. The summed E-state index contributed by atoms with van der Waals surface area (Å²) in [5.74, 6) is 0. The fourth-order valence-electron chi connectivity index (χ4n) is 1.56. The minimum Gasteiger partial charge on any atom is -0.396 e. The van der Waals surface area contributed by atoms with Gasteiger partial charge < -0.3 is 10.2 Å². The summed E-state index contributed by atoms with van der Waals surface area (Å²) in [6.07, 6.45) is 0.658. The van der Waals surface area contributed by atoms with Crippen LogP contribution in [0.2, 0.25) is 0 Å². The second-order valence-electron chi connectivity index (χ2n) is 3.79. The van der Waals surface area contributed by atoms with Crippen LogP contribution in [0.15, 0.2) is 29.6 Å². The lowest BCUT2D eigenvalue weighted by molar-refractivity contribution is 0.110. The van der Waals surface area contributed by atoms with Gasteiger partial charge in [-0.1, -0.05) is 6.07 Å². The fraction of sp³-hybridized carbons (Fsp3) is 0.333. The average Bonchev–Trinajstić information content (AvgIpc) is 2.88. The highest BCUT2D eigenvalue weighted by atomic mass is 32.1.